The summed E-state index contributed by atoms with van der Waals surface area (Å²) in [7, 11) is 0. The van der Waals surface area contributed by atoms with Crippen LogP contribution in [0.2, 0.25) is 0 Å². The number of nitrogens with one attached hydrogen (secondary N) is 1. The van der Waals surface area contributed by atoms with Crippen molar-refractivity contribution >= 4 is 11.7 Å². The van der Waals surface area contributed by atoms with Gasteiger partial charge in [0, 0.05) is 12.0 Å². The third-order valence-corrected chi connectivity index (χ3v) is 4.35. The number of hydrogen-bond donors (Lipinski definition) is 2. The summed E-state index contributed by atoms with van der Waals surface area (Å²) in [4.78, 5) is 21.1. The van der Waals surface area contributed by atoms with Gasteiger partial charge >= 0.3 is 0 Å². The number of rotatable bonds is 7. The van der Waals surface area contributed by atoms with E-state index in [1.165, 1.54) is 5.56 Å². The van der Waals surface area contributed by atoms with Crippen molar-refractivity contribution in [2.24, 2.45) is 0 Å². The first-order valence-electron chi connectivity index (χ1n) is 9.03. The zero-order valence-corrected chi connectivity index (χ0v) is 15.4. The van der Waals surface area contributed by atoms with Gasteiger partial charge in [-0.2, -0.15) is 0 Å². The van der Waals surface area contributed by atoms with Crippen molar-refractivity contribution in [3.05, 3.63) is 77.6 Å². The third-order valence-electron chi connectivity index (χ3n) is 4.35. The molecule has 5 heteroatoms. The molecule has 0 spiro atoms. The van der Waals surface area contributed by atoms with Crippen molar-refractivity contribution < 1.29 is 9.90 Å². The van der Waals surface area contributed by atoms with Crippen LogP contribution in [0.15, 0.2) is 60.8 Å². The lowest BCUT2D eigenvalue weighted by Crippen LogP contribution is -2.14. The molecule has 0 unspecified atom stereocenters. The van der Waals surface area contributed by atoms with E-state index in [9.17, 15) is 4.79 Å². The molecule has 0 saturated carbocycles. The number of hydrogen-bond acceptors (Lipinski definition) is 4. The fourth-order valence-electron chi connectivity index (χ4n) is 2.82. The predicted octanol–water partition coefficient (Wildman–Crippen LogP) is 3.91. The van der Waals surface area contributed by atoms with Gasteiger partial charge in [-0.1, -0.05) is 54.6 Å². The maximum Gasteiger partial charge on any atom is 0.225 e. The highest BCUT2D eigenvalue weighted by atomic mass is 16.3. The Morgan fingerprint density at radius 3 is 2.44 bits per heavy atom. The second kappa shape index (κ2) is 9.05. The van der Waals surface area contributed by atoms with Crippen molar-refractivity contribution in [3.63, 3.8) is 0 Å². The van der Waals surface area contributed by atoms with E-state index in [0.29, 0.717) is 17.9 Å². The topological polar surface area (TPSA) is 75.1 Å². The van der Waals surface area contributed by atoms with E-state index in [0.717, 1.165) is 29.7 Å². The largest absolute Gasteiger partial charge is 0.392 e. The maximum atomic E-state index is 12.2. The Bertz CT molecular complexity index is 893. The summed E-state index contributed by atoms with van der Waals surface area (Å²) in [6, 6.07) is 17.7. The van der Waals surface area contributed by atoms with Gasteiger partial charge in [-0.3, -0.25) is 4.79 Å². The average molecular weight is 361 g/mol. The summed E-state index contributed by atoms with van der Waals surface area (Å²) in [6.07, 6.45) is 3.76. The summed E-state index contributed by atoms with van der Waals surface area (Å²) < 4.78 is 0. The second-order valence-corrected chi connectivity index (χ2v) is 6.43. The number of aromatic nitrogens is 2. The summed E-state index contributed by atoms with van der Waals surface area (Å²) in [5, 5.41) is 12.0. The molecular weight excluding hydrogens is 338 g/mol. The number of aliphatic hydroxyl groups is 1. The maximum absolute atomic E-state index is 12.2. The minimum Gasteiger partial charge on any atom is -0.392 e. The molecule has 2 aromatic carbocycles. The Morgan fingerprint density at radius 2 is 1.78 bits per heavy atom. The number of anilines is 1. The summed E-state index contributed by atoms with van der Waals surface area (Å²) in [5.41, 5.74) is 4.42. The van der Waals surface area contributed by atoms with Gasteiger partial charge in [0.05, 0.1) is 24.2 Å². The van der Waals surface area contributed by atoms with Crippen LogP contribution < -0.4 is 5.32 Å². The normalized spacial score (nSPS) is 10.6. The van der Waals surface area contributed by atoms with Crippen LogP contribution in [0.5, 0.6) is 0 Å². The van der Waals surface area contributed by atoms with Crippen LogP contribution in [-0.4, -0.2) is 21.0 Å². The average Bonchev–Trinajstić information content (AvgIpc) is 2.70. The molecule has 0 saturated heterocycles. The molecule has 3 aromatic rings. The standard InChI is InChI=1S/C22H23N3O2/c1-16-22(25-21(27)9-5-8-17-6-3-2-4-7-17)23-14-20(24-16)19-12-10-18(15-26)11-13-19/h2-4,6-7,10-14,26H,5,8-9,15H2,1H3,(H,23,25,27). The molecule has 0 atom stereocenters. The van der Waals surface area contributed by atoms with E-state index in [-0.39, 0.29) is 12.5 Å². The third kappa shape index (κ3) is 5.21. The van der Waals surface area contributed by atoms with Crippen LogP contribution >= 0.6 is 0 Å². The molecule has 0 aliphatic rings. The first-order valence-corrected chi connectivity index (χ1v) is 9.03. The van der Waals surface area contributed by atoms with E-state index in [4.69, 9.17) is 5.11 Å². The molecule has 1 amide bonds. The van der Waals surface area contributed by atoms with Crippen molar-refractivity contribution in [1.29, 1.82) is 0 Å². The lowest BCUT2D eigenvalue weighted by atomic mass is 10.1. The van der Waals surface area contributed by atoms with E-state index >= 15 is 0 Å². The van der Waals surface area contributed by atoms with Crippen molar-refractivity contribution in [1.82, 2.24) is 9.97 Å². The van der Waals surface area contributed by atoms with Gasteiger partial charge < -0.3 is 10.4 Å². The fourth-order valence-corrected chi connectivity index (χ4v) is 2.82. The molecule has 27 heavy (non-hydrogen) atoms. The first kappa shape index (κ1) is 18.7. The predicted molar refractivity (Wildman–Crippen MR) is 106 cm³/mol. The molecule has 0 radical (unpaired) electrons. The Balaban J connectivity index is 1.57. The van der Waals surface area contributed by atoms with Gasteiger partial charge in [0.1, 0.15) is 0 Å². The highest BCUT2D eigenvalue weighted by molar-refractivity contribution is 5.90. The van der Waals surface area contributed by atoms with E-state index in [2.05, 4.69) is 27.4 Å². The molecule has 5 nitrogen and oxygen atoms in total. The summed E-state index contributed by atoms with van der Waals surface area (Å²) in [6.45, 7) is 1.85. The van der Waals surface area contributed by atoms with Gasteiger partial charge in [-0.15, -0.1) is 0 Å². The summed E-state index contributed by atoms with van der Waals surface area (Å²) in [5.74, 6) is 0.443. The fraction of sp³-hybridized carbons (Fsp3) is 0.227. The van der Waals surface area contributed by atoms with Crippen molar-refractivity contribution in [3.8, 4) is 11.3 Å². The van der Waals surface area contributed by atoms with Crippen LogP contribution in [0.25, 0.3) is 11.3 Å². The van der Waals surface area contributed by atoms with Crippen LogP contribution in [0.4, 0.5) is 5.82 Å². The number of amides is 1. The monoisotopic (exact) mass is 361 g/mol. The number of carbonyl (C=O) groups is 1. The zero-order valence-electron chi connectivity index (χ0n) is 15.4. The molecule has 0 aliphatic carbocycles. The van der Waals surface area contributed by atoms with Crippen molar-refractivity contribution in [2.45, 2.75) is 32.8 Å². The zero-order chi connectivity index (χ0) is 19.1. The number of benzene rings is 2. The van der Waals surface area contributed by atoms with Gasteiger partial charge in [0.2, 0.25) is 5.91 Å². The molecule has 1 heterocycles. The molecule has 0 bridgehead atoms. The minimum absolute atomic E-state index is 0.0141. The highest BCUT2D eigenvalue weighted by Gasteiger charge is 2.09. The lowest BCUT2D eigenvalue weighted by Gasteiger charge is -2.09. The number of nitrogens with zero attached hydrogens (tertiary/aromatic N) is 2. The van der Waals surface area contributed by atoms with Gasteiger partial charge in [-0.25, -0.2) is 9.97 Å². The number of aliphatic hydroxyl groups excluding tert-OH is 1. The van der Waals surface area contributed by atoms with Gasteiger partial charge in [-0.05, 0) is 30.9 Å². The Labute approximate surface area is 159 Å². The minimum atomic E-state index is -0.0524. The smallest absolute Gasteiger partial charge is 0.225 e. The highest BCUT2D eigenvalue weighted by Crippen LogP contribution is 2.20. The Hall–Kier alpha value is -3.05. The van der Waals surface area contributed by atoms with Gasteiger partial charge in [0.15, 0.2) is 5.82 Å². The van der Waals surface area contributed by atoms with E-state index < -0.39 is 0 Å². The second-order valence-electron chi connectivity index (χ2n) is 6.43. The molecule has 0 fully saturated rings. The SMILES string of the molecule is Cc1nc(-c2ccc(CO)cc2)cnc1NC(=O)CCCc1ccccc1. The lowest BCUT2D eigenvalue weighted by molar-refractivity contribution is -0.116. The molecule has 1 aromatic heterocycles. The molecule has 0 aliphatic heterocycles. The molecule has 2 N–H and O–H groups in total. The first-order chi connectivity index (χ1) is 13.2. The van der Waals surface area contributed by atoms with Gasteiger partial charge in [0.25, 0.3) is 0 Å². The number of carbonyl (C=O) groups excluding carboxylic acids is 1. The summed E-state index contributed by atoms with van der Waals surface area (Å²) >= 11 is 0. The molecule has 138 valence electrons. The molecule has 3 rings (SSSR count). The van der Waals surface area contributed by atoms with Crippen LogP contribution in [0.1, 0.15) is 29.7 Å². The number of aryl methyl sites for hydroxylation is 2. The Morgan fingerprint density at radius 1 is 1.04 bits per heavy atom. The quantitative estimate of drug-likeness (QED) is 0.669. The van der Waals surface area contributed by atoms with E-state index in [1.54, 1.807) is 6.20 Å². The Kier molecular flexibility index (Phi) is 6.28. The van der Waals surface area contributed by atoms with Crippen LogP contribution in [-0.2, 0) is 17.8 Å². The van der Waals surface area contributed by atoms with Crippen LogP contribution in [0, 0.1) is 6.92 Å². The van der Waals surface area contributed by atoms with Crippen LogP contribution in [0.3, 0.4) is 0 Å². The van der Waals surface area contributed by atoms with E-state index in [1.807, 2.05) is 49.4 Å². The van der Waals surface area contributed by atoms with Crippen molar-refractivity contribution in [2.75, 3.05) is 5.32 Å². The molecular formula is C22H23N3O2.